The second kappa shape index (κ2) is 16.2. The van der Waals surface area contributed by atoms with Crippen LogP contribution in [-0.4, -0.2) is 136 Å². The van der Waals surface area contributed by atoms with Gasteiger partial charge in [0.2, 0.25) is 0 Å². The Morgan fingerprint density at radius 3 is 2.04 bits per heavy atom. The number of aryl methyl sites for hydroxylation is 2. The van der Waals surface area contributed by atoms with Gasteiger partial charge in [-0.3, -0.25) is 9.69 Å². The smallest absolute Gasteiger partial charge is 0.410 e. The third-order valence-corrected chi connectivity index (χ3v) is 11.1. The van der Waals surface area contributed by atoms with Gasteiger partial charge in [0, 0.05) is 83.1 Å². The van der Waals surface area contributed by atoms with Crippen molar-refractivity contribution in [3.05, 3.63) is 58.7 Å². The maximum Gasteiger partial charge on any atom is 0.410 e. The van der Waals surface area contributed by atoms with Gasteiger partial charge < -0.3 is 39.5 Å². The Kier molecular flexibility index (Phi) is 11.7. The van der Waals surface area contributed by atoms with Crippen LogP contribution >= 0.6 is 0 Å². The number of piperazine rings is 1. The third kappa shape index (κ3) is 9.35. The zero-order valence-corrected chi connectivity index (χ0v) is 31.9. The number of fused-ring (bicyclic) bond motifs is 1. The predicted octanol–water partition coefficient (Wildman–Crippen LogP) is 5.16. The van der Waals surface area contributed by atoms with Crippen LogP contribution in [-0.2, 0) is 27.1 Å². The number of carbonyl (C=O) groups is 4. The van der Waals surface area contributed by atoms with E-state index in [0.717, 1.165) is 49.2 Å². The van der Waals surface area contributed by atoms with Crippen molar-refractivity contribution in [2.75, 3.05) is 64.2 Å². The van der Waals surface area contributed by atoms with Crippen LogP contribution in [0.15, 0.2) is 36.4 Å². The SMILES string of the molecule is Cc1cc(CC(OC(=O)N2CCC(N3CCc4ccccc4NC3=O)CC2)C(=O)N2CCC(N3CCN(C(=O)OC(C)(C)C)CC3)CC2)cc(C)c1O. The quantitative estimate of drug-likeness (QED) is 0.417. The van der Waals surface area contributed by atoms with Crippen molar-refractivity contribution in [1.29, 1.82) is 0 Å². The van der Waals surface area contributed by atoms with Crippen LogP contribution in [0, 0.1) is 13.8 Å². The first-order valence-corrected chi connectivity index (χ1v) is 19.2. The van der Waals surface area contributed by atoms with Crippen molar-refractivity contribution in [2.24, 2.45) is 0 Å². The molecule has 3 fully saturated rings. The van der Waals surface area contributed by atoms with Gasteiger partial charge in [-0.05, 0) is 95.0 Å². The molecule has 0 saturated carbocycles. The number of nitrogens with zero attached hydrogens (tertiary/aromatic N) is 5. The van der Waals surface area contributed by atoms with Crippen molar-refractivity contribution in [3.8, 4) is 5.75 Å². The Labute approximate surface area is 313 Å². The Morgan fingerprint density at radius 2 is 1.40 bits per heavy atom. The topological polar surface area (TPSA) is 135 Å². The van der Waals surface area contributed by atoms with Crippen LogP contribution in [0.3, 0.4) is 0 Å². The summed E-state index contributed by atoms with van der Waals surface area (Å²) in [6, 6.07) is 11.7. The van der Waals surface area contributed by atoms with E-state index in [9.17, 15) is 24.3 Å². The molecule has 1 atom stereocenters. The Morgan fingerprint density at radius 1 is 0.811 bits per heavy atom. The van der Waals surface area contributed by atoms with Gasteiger partial charge in [-0.15, -0.1) is 0 Å². The van der Waals surface area contributed by atoms with Gasteiger partial charge in [-0.2, -0.15) is 0 Å². The highest BCUT2D eigenvalue weighted by Gasteiger charge is 2.37. The minimum Gasteiger partial charge on any atom is -0.507 e. The second-order valence-corrected chi connectivity index (χ2v) is 16.0. The molecule has 4 aliphatic heterocycles. The molecule has 3 saturated heterocycles. The first-order valence-electron chi connectivity index (χ1n) is 19.2. The van der Waals surface area contributed by atoms with Crippen LogP contribution in [0.4, 0.5) is 20.1 Å². The minimum atomic E-state index is -1.02. The van der Waals surface area contributed by atoms with E-state index in [1.165, 1.54) is 0 Å². The number of benzene rings is 2. The van der Waals surface area contributed by atoms with Crippen molar-refractivity contribution in [2.45, 2.75) is 96.9 Å². The molecule has 0 aromatic heterocycles. The number of aromatic hydroxyl groups is 1. The molecule has 13 nitrogen and oxygen atoms in total. The lowest BCUT2D eigenvalue weighted by molar-refractivity contribution is -0.142. The Bertz CT molecular complexity index is 1630. The fraction of sp³-hybridized carbons (Fsp3) is 0.600. The molecule has 53 heavy (non-hydrogen) atoms. The van der Waals surface area contributed by atoms with Crippen LogP contribution in [0.2, 0.25) is 0 Å². The minimum absolute atomic E-state index is 0.00433. The van der Waals surface area contributed by atoms with Gasteiger partial charge in [-0.25, -0.2) is 14.4 Å². The summed E-state index contributed by atoms with van der Waals surface area (Å²) in [6.07, 6.45) is 1.95. The predicted molar refractivity (Wildman–Crippen MR) is 201 cm³/mol. The molecule has 2 N–H and O–H groups in total. The molecule has 13 heteroatoms. The van der Waals surface area contributed by atoms with Crippen molar-refractivity contribution in [3.63, 3.8) is 0 Å². The number of phenolic OH excluding ortho intramolecular Hbond substituents is 1. The number of likely N-dealkylation sites (tertiary alicyclic amines) is 2. The summed E-state index contributed by atoms with van der Waals surface area (Å²) in [6.45, 7) is 14.5. The molecular weight excluding hydrogens is 676 g/mol. The van der Waals surface area contributed by atoms with Crippen LogP contribution in [0.1, 0.15) is 68.7 Å². The maximum absolute atomic E-state index is 14.2. The van der Waals surface area contributed by atoms with Gasteiger partial charge in [0.25, 0.3) is 5.91 Å². The number of amides is 5. The zero-order valence-electron chi connectivity index (χ0n) is 31.9. The van der Waals surface area contributed by atoms with Crippen LogP contribution in [0.25, 0.3) is 0 Å². The highest BCUT2D eigenvalue weighted by molar-refractivity contribution is 5.91. The van der Waals surface area contributed by atoms with E-state index in [2.05, 4.69) is 10.2 Å². The summed E-state index contributed by atoms with van der Waals surface area (Å²) in [5, 5.41) is 13.4. The summed E-state index contributed by atoms with van der Waals surface area (Å²) in [7, 11) is 0. The monoisotopic (exact) mass is 732 g/mol. The molecule has 4 aliphatic rings. The van der Waals surface area contributed by atoms with Crippen molar-refractivity contribution < 1.29 is 33.8 Å². The van der Waals surface area contributed by atoms with Gasteiger partial charge in [0.1, 0.15) is 11.4 Å². The molecule has 2 aromatic carbocycles. The normalized spacial score (nSPS) is 20.0. The lowest BCUT2D eigenvalue weighted by Gasteiger charge is -2.43. The Balaban J connectivity index is 1.05. The molecule has 0 aliphatic carbocycles. The lowest BCUT2D eigenvalue weighted by Crippen LogP contribution is -2.56. The van der Waals surface area contributed by atoms with Crippen molar-refractivity contribution >= 4 is 29.8 Å². The number of hydrogen-bond donors (Lipinski definition) is 2. The standard InChI is InChI=1S/C40H56N6O7/c1-27-24-29(25-28(2)35(27)47)26-34(36(48)43-15-11-31(12-16-43)42-20-22-45(23-21-42)39(51)53-40(3,4)5)52-38(50)44-17-13-32(14-18-44)46-19-10-30-8-6-7-9-33(30)41-37(46)49/h6-9,24-25,31-32,34,47H,10-23,26H2,1-5H3,(H,41,49). The highest BCUT2D eigenvalue weighted by Crippen LogP contribution is 2.28. The van der Waals surface area contributed by atoms with E-state index in [0.29, 0.717) is 75.8 Å². The summed E-state index contributed by atoms with van der Waals surface area (Å²) in [5.74, 6) is -0.00178. The number of carbonyl (C=O) groups excluding carboxylic acids is 4. The molecule has 5 amide bonds. The van der Waals surface area contributed by atoms with E-state index in [-0.39, 0.29) is 36.2 Å². The first kappa shape index (κ1) is 38.2. The molecule has 6 rings (SSSR count). The highest BCUT2D eigenvalue weighted by atomic mass is 16.6. The largest absolute Gasteiger partial charge is 0.507 e. The lowest BCUT2D eigenvalue weighted by atomic mass is 9.98. The number of ether oxygens (including phenoxy) is 2. The molecular formula is C40H56N6O7. The number of anilines is 1. The van der Waals surface area contributed by atoms with E-state index in [4.69, 9.17) is 9.47 Å². The third-order valence-electron chi connectivity index (χ3n) is 11.1. The maximum atomic E-state index is 14.2. The van der Waals surface area contributed by atoms with Gasteiger partial charge in [0.15, 0.2) is 6.10 Å². The molecule has 0 radical (unpaired) electrons. The molecule has 288 valence electrons. The van der Waals surface area contributed by atoms with E-state index in [1.807, 2.05) is 80.8 Å². The summed E-state index contributed by atoms with van der Waals surface area (Å²) in [5.41, 5.74) is 3.64. The first-order chi connectivity index (χ1) is 25.3. The Hall–Kier alpha value is -4.52. The number of para-hydroxylation sites is 1. The number of piperidine rings is 2. The van der Waals surface area contributed by atoms with Gasteiger partial charge in [-0.1, -0.05) is 30.3 Å². The van der Waals surface area contributed by atoms with E-state index >= 15 is 0 Å². The summed E-state index contributed by atoms with van der Waals surface area (Å²) >= 11 is 0. The number of urea groups is 1. The zero-order chi connectivity index (χ0) is 37.9. The van der Waals surface area contributed by atoms with Gasteiger partial charge >= 0.3 is 18.2 Å². The van der Waals surface area contributed by atoms with Gasteiger partial charge in [0.05, 0.1) is 0 Å². The fourth-order valence-corrected chi connectivity index (χ4v) is 8.10. The number of rotatable bonds is 6. The number of nitrogens with one attached hydrogen (secondary N) is 1. The average Bonchev–Trinajstić information content (AvgIpc) is 3.30. The summed E-state index contributed by atoms with van der Waals surface area (Å²) < 4.78 is 11.6. The molecule has 0 bridgehead atoms. The molecule has 2 aromatic rings. The molecule has 4 heterocycles. The van der Waals surface area contributed by atoms with Crippen molar-refractivity contribution in [1.82, 2.24) is 24.5 Å². The van der Waals surface area contributed by atoms with E-state index < -0.39 is 17.8 Å². The summed E-state index contributed by atoms with van der Waals surface area (Å²) in [4.78, 5) is 63.0. The number of hydrogen-bond acceptors (Lipinski definition) is 8. The van der Waals surface area contributed by atoms with E-state index in [1.54, 1.807) is 9.80 Å². The van der Waals surface area contributed by atoms with Crippen LogP contribution < -0.4 is 5.32 Å². The second-order valence-electron chi connectivity index (χ2n) is 16.0. The molecule has 0 spiro atoms. The fourth-order valence-electron chi connectivity index (χ4n) is 8.10. The molecule has 1 unspecified atom stereocenters. The average molecular weight is 733 g/mol. The number of phenols is 1. The van der Waals surface area contributed by atoms with Crippen LogP contribution in [0.5, 0.6) is 5.75 Å².